The first-order valence-corrected chi connectivity index (χ1v) is 12.6. The molecule has 9 heteroatoms. The van der Waals surface area contributed by atoms with E-state index < -0.39 is 10.0 Å². The second kappa shape index (κ2) is 7.62. The van der Waals surface area contributed by atoms with Gasteiger partial charge in [-0.15, -0.1) is 11.3 Å². The number of amides is 1. The first-order chi connectivity index (χ1) is 14.4. The van der Waals surface area contributed by atoms with Crippen molar-refractivity contribution in [3.8, 4) is 0 Å². The second-order valence-electron chi connectivity index (χ2n) is 8.14. The van der Waals surface area contributed by atoms with Gasteiger partial charge in [-0.25, -0.2) is 12.8 Å². The summed E-state index contributed by atoms with van der Waals surface area (Å²) in [6.07, 6.45) is 2.67. The van der Waals surface area contributed by atoms with Crippen LogP contribution in [0.4, 0.5) is 10.1 Å². The maximum absolute atomic E-state index is 14.0. The second-order valence-corrected chi connectivity index (χ2v) is 11.4. The van der Waals surface area contributed by atoms with Gasteiger partial charge in [0.15, 0.2) is 0 Å². The maximum atomic E-state index is 14.0. The number of sulfonamides is 1. The Labute approximate surface area is 179 Å². The predicted molar refractivity (Wildman–Crippen MR) is 114 cm³/mol. The molecule has 160 valence electrons. The van der Waals surface area contributed by atoms with E-state index in [9.17, 15) is 17.6 Å². The summed E-state index contributed by atoms with van der Waals surface area (Å²) >= 11 is 1.33. The third kappa shape index (κ3) is 3.63. The van der Waals surface area contributed by atoms with Gasteiger partial charge in [-0.05, 0) is 43.0 Å². The number of halogens is 1. The molecule has 0 N–H and O–H groups in total. The average Bonchev–Trinajstić information content (AvgIpc) is 3.51. The summed E-state index contributed by atoms with van der Waals surface area (Å²) in [5.74, 6) is 0.102. The lowest BCUT2D eigenvalue weighted by molar-refractivity contribution is -0.133. The molecule has 0 radical (unpaired) electrons. The molecular formula is C21H24FN3O3S2. The zero-order valence-corrected chi connectivity index (χ0v) is 18.2. The molecule has 0 atom stereocenters. The molecule has 0 spiro atoms. The Morgan fingerprint density at radius 1 is 1.07 bits per heavy atom. The Balaban J connectivity index is 1.28. The van der Waals surface area contributed by atoms with E-state index in [1.165, 1.54) is 21.7 Å². The van der Waals surface area contributed by atoms with E-state index in [1.54, 1.807) is 24.3 Å². The van der Waals surface area contributed by atoms with Crippen molar-refractivity contribution in [1.82, 2.24) is 9.21 Å². The van der Waals surface area contributed by atoms with Gasteiger partial charge < -0.3 is 9.80 Å². The summed E-state index contributed by atoms with van der Waals surface area (Å²) in [4.78, 5) is 17.2. The number of fused-ring (bicyclic) bond motifs is 1. The van der Waals surface area contributed by atoms with E-state index in [-0.39, 0.29) is 17.6 Å². The number of thiophene rings is 1. The number of nitrogens with zero attached hydrogens (tertiary/aromatic N) is 3. The van der Waals surface area contributed by atoms with Gasteiger partial charge in [0.1, 0.15) is 10.0 Å². The van der Waals surface area contributed by atoms with Crippen LogP contribution in [0.2, 0.25) is 0 Å². The molecule has 3 aliphatic rings. The molecule has 1 aromatic heterocycles. The fourth-order valence-electron chi connectivity index (χ4n) is 4.21. The number of hydrogen-bond acceptors (Lipinski definition) is 5. The van der Waals surface area contributed by atoms with E-state index >= 15 is 0 Å². The van der Waals surface area contributed by atoms with Crippen molar-refractivity contribution < 1.29 is 17.6 Å². The van der Waals surface area contributed by atoms with Crippen LogP contribution in [0.15, 0.2) is 34.5 Å². The highest BCUT2D eigenvalue weighted by Crippen LogP contribution is 2.36. The van der Waals surface area contributed by atoms with Crippen LogP contribution in [0.1, 0.15) is 23.3 Å². The summed E-state index contributed by atoms with van der Waals surface area (Å²) in [5.41, 5.74) is 1.48. The Morgan fingerprint density at radius 2 is 1.80 bits per heavy atom. The van der Waals surface area contributed by atoms with Gasteiger partial charge >= 0.3 is 0 Å². The van der Waals surface area contributed by atoms with E-state index in [2.05, 4.69) is 0 Å². The Morgan fingerprint density at radius 3 is 2.50 bits per heavy atom. The van der Waals surface area contributed by atoms with Crippen molar-refractivity contribution in [2.75, 3.05) is 37.6 Å². The Hall–Kier alpha value is -1.97. The van der Waals surface area contributed by atoms with Crippen LogP contribution >= 0.6 is 11.3 Å². The monoisotopic (exact) mass is 449 g/mol. The summed E-state index contributed by atoms with van der Waals surface area (Å²) in [6, 6.07) is 8.34. The maximum Gasteiger partial charge on any atom is 0.252 e. The topological polar surface area (TPSA) is 60.9 Å². The van der Waals surface area contributed by atoms with Crippen molar-refractivity contribution in [2.45, 2.75) is 30.0 Å². The fraction of sp³-hybridized carbons (Fsp3) is 0.476. The Bertz CT molecular complexity index is 1070. The smallest absolute Gasteiger partial charge is 0.252 e. The number of hydrogen-bond donors (Lipinski definition) is 0. The van der Waals surface area contributed by atoms with E-state index in [0.717, 1.165) is 29.7 Å². The lowest BCUT2D eigenvalue weighted by atomic mass is 10.1. The highest BCUT2D eigenvalue weighted by Gasteiger charge is 2.36. The molecular weight excluding hydrogens is 425 g/mol. The van der Waals surface area contributed by atoms with Gasteiger partial charge in [0.25, 0.3) is 10.0 Å². The number of rotatable bonds is 4. The summed E-state index contributed by atoms with van der Waals surface area (Å²) in [7, 11) is -3.59. The van der Waals surface area contributed by atoms with Crippen LogP contribution in [-0.2, 0) is 27.8 Å². The number of para-hydroxylation sites is 1. The number of carbonyl (C=O) groups excluding carboxylic acids is 1. The van der Waals surface area contributed by atoms with Crippen LogP contribution in [-0.4, -0.2) is 56.3 Å². The molecule has 0 unspecified atom stereocenters. The zero-order valence-electron chi connectivity index (χ0n) is 16.6. The zero-order chi connectivity index (χ0) is 20.9. The van der Waals surface area contributed by atoms with Gasteiger partial charge in [0.05, 0.1) is 5.69 Å². The van der Waals surface area contributed by atoms with Crippen molar-refractivity contribution in [1.29, 1.82) is 0 Å². The molecule has 1 saturated heterocycles. The largest absolute Gasteiger partial charge is 0.367 e. The SMILES string of the molecule is O=C(C1CC1)N1CCc2sc(S(=O)(=O)N3CCN(c4ccccc4F)CC3)cc2C1. The molecule has 1 saturated carbocycles. The van der Waals surface area contributed by atoms with Gasteiger partial charge in [-0.3, -0.25) is 4.79 Å². The summed E-state index contributed by atoms with van der Waals surface area (Å²) in [6.45, 7) is 2.74. The van der Waals surface area contributed by atoms with Crippen LogP contribution in [0.5, 0.6) is 0 Å². The summed E-state index contributed by atoms with van der Waals surface area (Å²) < 4.78 is 42.3. The third-order valence-electron chi connectivity index (χ3n) is 6.11. The Kier molecular flexibility index (Phi) is 5.07. The molecule has 1 aromatic carbocycles. The molecule has 3 heterocycles. The third-order valence-corrected chi connectivity index (χ3v) is 9.69. The van der Waals surface area contributed by atoms with Crippen molar-refractivity contribution >= 4 is 33.0 Å². The standard InChI is InChI=1S/C21H24FN3O3S2/c22-17-3-1-2-4-18(17)23-9-11-25(12-10-23)30(27,28)20-13-16-14-24(8-7-19(16)29-20)21(26)15-5-6-15/h1-4,13,15H,5-12,14H2. The van der Waals surface area contributed by atoms with Crippen LogP contribution in [0.3, 0.4) is 0 Å². The average molecular weight is 450 g/mol. The number of anilines is 1. The van der Waals surface area contributed by atoms with Crippen molar-refractivity contribution in [3.63, 3.8) is 0 Å². The molecule has 0 bridgehead atoms. The van der Waals surface area contributed by atoms with Gasteiger partial charge in [-0.2, -0.15) is 4.31 Å². The minimum atomic E-state index is -3.59. The lowest BCUT2D eigenvalue weighted by Gasteiger charge is -2.35. The highest BCUT2D eigenvalue weighted by molar-refractivity contribution is 7.91. The predicted octanol–water partition coefficient (Wildman–Crippen LogP) is 2.69. The van der Waals surface area contributed by atoms with Gasteiger partial charge in [-0.1, -0.05) is 12.1 Å². The van der Waals surface area contributed by atoms with E-state index in [1.807, 2.05) is 9.80 Å². The van der Waals surface area contributed by atoms with E-state index in [4.69, 9.17) is 0 Å². The number of piperazine rings is 1. The molecule has 1 amide bonds. The molecule has 5 rings (SSSR count). The molecule has 1 aliphatic carbocycles. The van der Waals surface area contributed by atoms with Gasteiger partial charge in [0, 0.05) is 50.1 Å². The lowest BCUT2D eigenvalue weighted by Crippen LogP contribution is -2.48. The molecule has 6 nitrogen and oxygen atoms in total. The first-order valence-electron chi connectivity index (χ1n) is 10.3. The normalized spacial score (nSPS) is 20.3. The highest BCUT2D eigenvalue weighted by atomic mass is 32.2. The minimum Gasteiger partial charge on any atom is -0.367 e. The quantitative estimate of drug-likeness (QED) is 0.720. The van der Waals surface area contributed by atoms with Crippen molar-refractivity contribution in [3.05, 3.63) is 46.6 Å². The van der Waals surface area contributed by atoms with E-state index in [0.29, 0.717) is 49.2 Å². The molecule has 30 heavy (non-hydrogen) atoms. The molecule has 2 aliphatic heterocycles. The first kappa shape index (κ1) is 20.0. The number of carbonyl (C=O) groups is 1. The van der Waals surface area contributed by atoms with Crippen molar-refractivity contribution in [2.24, 2.45) is 5.92 Å². The molecule has 2 aromatic rings. The summed E-state index contributed by atoms with van der Waals surface area (Å²) in [5, 5.41) is 0. The van der Waals surface area contributed by atoms with Crippen LogP contribution in [0, 0.1) is 11.7 Å². The fourth-order valence-corrected chi connectivity index (χ4v) is 7.34. The minimum absolute atomic E-state index is 0.180. The van der Waals surface area contributed by atoms with Gasteiger partial charge in [0.2, 0.25) is 5.91 Å². The molecule has 2 fully saturated rings. The van der Waals surface area contributed by atoms with Crippen LogP contribution in [0.25, 0.3) is 0 Å². The van der Waals surface area contributed by atoms with Crippen LogP contribution < -0.4 is 4.90 Å². The number of benzene rings is 1.